The van der Waals surface area contributed by atoms with Gasteiger partial charge in [0, 0.05) is 18.2 Å². The molecule has 1 aromatic carbocycles. The summed E-state index contributed by atoms with van der Waals surface area (Å²) in [6, 6.07) is 3.88. The van der Waals surface area contributed by atoms with E-state index in [2.05, 4.69) is 10.1 Å². The topological polar surface area (TPSA) is 99.7 Å². The molecule has 10 heteroatoms. The molecule has 0 fully saturated rings. The molecule has 1 unspecified atom stereocenters. The van der Waals surface area contributed by atoms with Gasteiger partial charge in [-0.25, -0.2) is 0 Å². The van der Waals surface area contributed by atoms with E-state index in [4.69, 9.17) is 10.5 Å². The fourth-order valence-corrected chi connectivity index (χ4v) is 1.78. The molecule has 0 saturated carbocycles. The Balaban J connectivity index is 2.18. The monoisotopic (exact) mass is 331 g/mol. The second-order valence-corrected chi connectivity index (χ2v) is 4.58. The molecule has 1 aliphatic rings. The van der Waals surface area contributed by atoms with Gasteiger partial charge in [0.05, 0.1) is 4.92 Å². The first-order valence-corrected chi connectivity index (χ1v) is 6.28. The maximum atomic E-state index is 12.3. The minimum atomic E-state index is -4.82. The minimum Gasteiger partial charge on any atom is -0.441 e. The number of hydrogen-bond acceptors (Lipinski definition) is 6. The lowest BCUT2D eigenvalue weighted by molar-refractivity contribution is -0.430. The van der Waals surface area contributed by atoms with E-state index in [0.717, 1.165) is 12.1 Å². The standard InChI is InChI=1S/C13H12F3N3O4/c1-7-2-3-8(6-10(7)23-13(14,15)16)22-11-5-4-9(19(20)21)12(17)18-11/h2-6,12,18H,17H2,1H3. The summed E-state index contributed by atoms with van der Waals surface area (Å²) < 4.78 is 46.1. The minimum absolute atomic E-state index is 0.0544. The van der Waals surface area contributed by atoms with Gasteiger partial charge in [-0.05, 0) is 18.6 Å². The molecule has 0 bridgehead atoms. The lowest BCUT2D eigenvalue weighted by atomic mass is 10.2. The summed E-state index contributed by atoms with van der Waals surface area (Å²) in [6.45, 7) is 1.45. The van der Waals surface area contributed by atoms with Crippen molar-refractivity contribution in [2.75, 3.05) is 0 Å². The van der Waals surface area contributed by atoms with Crippen molar-refractivity contribution in [2.45, 2.75) is 19.5 Å². The number of dihydropyridines is 1. The number of nitro groups is 1. The van der Waals surface area contributed by atoms with Gasteiger partial charge in [-0.3, -0.25) is 10.1 Å². The maximum Gasteiger partial charge on any atom is 0.573 e. The normalized spacial score (nSPS) is 17.7. The van der Waals surface area contributed by atoms with E-state index in [1.807, 2.05) is 0 Å². The number of hydrogen-bond donors (Lipinski definition) is 2. The number of alkyl halides is 3. The smallest absolute Gasteiger partial charge is 0.441 e. The van der Waals surface area contributed by atoms with Crippen LogP contribution in [0.5, 0.6) is 11.5 Å². The SMILES string of the molecule is Cc1ccc(OC2=CC=C([N+](=O)[O-])C(N)N2)cc1OC(F)(F)F. The molecule has 0 aromatic heterocycles. The highest BCUT2D eigenvalue weighted by Gasteiger charge is 2.32. The molecule has 0 saturated heterocycles. The number of nitrogens with one attached hydrogen (secondary N) is 1. The van der Waals surface area contributed by atoms with Gasteiger partial charge in [-0.2, -0.15) is 0 Å². The number of nitrogens with two attached hydrogens (primary N) is 1. The predicted molar refractivity (Wildman–Crippen MR) is 72.8 cm³/mol. The maximum absolute atomic E-state index is 12.3. The van der Waals surface area contributed by atoms with Gasteiger partial charge >= 0.3 is 6.36 Å². The van der Waals surface area contributed by atoms with Crippen LogP contribution in [0.4, 0.5) is 13.2 Å². The molecule has 1 atom stereocenters. The molecule has 1 heterocycles. The van der Waals surface area contributed by atoms with Gasteiger partial charge in [0.1, 0.15) is 11.5 Å². The van der Waals surface area contributed by atoms with E-state index >= 15 is 0 Å². The molecule has 0 spiro atoms. The number of allylic oxidation sites excluding steroid dienone is 2. The van der Waals surface area contributed by atoms with Crippen molar-refractivity contribution < 1.29 is 27.6 Å². The summed E-state index contributed by atoms with van der Waals surface area (Å²) in [4.78, 5) is 10.0. The first kappa shape index (κ1) is 16.6. The Bertz CT molecular complexity index is 686. The highest BCUT2D eigenvalue weighted by Crippen LogP contribution is 2.30. The molecule has 1 aliphatic heterocycles. The summed E-state index contributed by atoms with van der Waals surface area (Å²) in [5, 5.41) is 13.2. The number of rotatable bonds is 4. The fraction of sp³-hybridized carbons (Fsp3) is 0.231. The van der Waals surface area contributed by atoms with Crippen molar-refractivity contribution in [3.05, 3.63) is 57.6 Å². The number of aryl methyl sites for hydroxylation is 1. The van der Waals surface area contributed by atoms with Crippen molar-refractivity contribution in [1.29, 1.82) is 0 Å². The predicted octanol–water partition coefficient (Wildman–Crippen LogP) is 2.16. The van der Waals surface area contributed by atoms with E-state index < -0.39 is 23.2 Å². The number of benzene rings is 1. The van der Waals surface area contributed by atoms with Crippen LogP contribution in [0.1, 0.15) is 5.56 Å². The first-order valence-electron chi connectivity index (χ1n) is 6.28. The Hall–Kier alpha value is -2.75. The van der Waals surface area contributed by atoms with Gasteiger partial charge in [-0.15, -0.1) is 13.2 Å². The van der Waals surface area contributed by atoms with Crippen LogP contribution in [0.2, 0.25) is 0 Å². The molecule has 23 heavy (non-hydrogen) atoms. The molecule has 3 N–H and O–H groups in total. The Morgan fingerprint density at radius 2 is 2.04 bits per heavy atom. The molecule has 0 radical (unpaired) electrons. The van der Waals surface area contributed by atoms with E-state index in [0.29, 0.717) is 0 Å². The number of ether oxygens (including phenoxy) is 2. The van der Waals surface area contributed by atoms with Crippen LogP contribution in [0, 0.1) is 17.0 Å². The molecule has 124 valence electrons. The molecule has 0 aliphatic carbocycles. The van der Waals surface area contributed by atoms with Gasteiger partial charge in [0.25, 0.3) is 5.70 Å². The van der Waals surface area contributed by atoms with Gasteiger partial charge in [0.15, 0.2) is 12.0 Å². The molecule has 7 nitrogen and oxygen atoms in total. The van der Waals surface area contributed by atoms with Crippen molar-refractivity contribution in [1.82, 2.24) is 5.32 Å². The van der Waals surface area contributed by atoms with Crippen molar-refractivity contribution in [3.8, 4) is 11.5 Å². The third kappa shape index (κ3) is 4.36. The lowest BCUT2D eigenvalue weighted by Crippen LogP contribution is -2.43. The van der Waals surface area contributed by atoms with Crippen molar-refractivity contribution >= 4 is 0 Å². The second-order valence-electron chi connectivity index (χ2n) is 4.58. The third-order valence-corrected chi connectivity index (χ3v) is 2.85. The van der Waals surface area contributed by atoms with E-state index in [-0.39, 0.29) is 22.9 Å². The summed E-state index contributed by atoms with van der Waals surface area (Å²) in [6.07, 6.45) is -3.51. The first-order chi connectivity index (χ1) is 10.7. The van der Waals surface area contributed by atoms with E-state index in [1.54, 1.807) is 0 Å². The van der Waals surface area contributed by atoms with E-state index in [9.17, 15) is 23.3 Å². The highest BCUT2D eigenvalue weighted by atomic mass is 19.4. The summed E-state index contributed by atoms with van der Waals surface area (Å²) in [5.74, 6) is -0.291. The van der Waals surface area contributed by atoms with Crippen LogP contribution in [-0.2, 0) is 0 Å². The quantitative estimate of drug-likeness (QED) is 0.648. The van der Waals surface area contributed by atoms with Gasteiger partial charge in [0.2, 0.25) is 0 Å². The van der Waals surface area contributed by atoms with Crippen molar-refractivity contribution in [2.24, 2.45) is 5.73 Å². The zero-order valence-corrected chi connectivity index (χ0v) is 11.8. The summed E-state index contributed by atoms with van der Waals surface area (Å²) >= 11 is 0. The lowest BCUT2D eigenvalue weighted by Gasteiger charge is -2.19. The highest BCUT2D eigenvalue weighted by molar-refractivity contribution is 5.41. The van der Waals surface area contributed by atoms with Crippen LogP contribution >= 0.6 is 0 Å². The molecular weight excluding hydrogens is 319 g/mol. The summed E-state index contributed by atoms with van der Waals surface area (Å²) in [7, 11) is 0. The Morgan fingerprint density at radius 1 is 1.35 bits per heavy atom. The molecule has 2 rings (SSSR count). The van der Waals surface area contributed by atoms with Crippen LogP contribution < -0.4 is 20.5 Å². The second kappa shape index (κ2) is 6.16. The fourth-order valence-electron chi connectivity index (χ4n) is 1.78. The van der Waals surface area contributed by atoms with Gasteiger partial charge in [-0.1, -0.05) is 6.07 Å². The number of nitrogens with zero attached hydrogens (tertiary/aromatic N) is 1. The average molecular weight is 331 g/mol. The third-order valence-electron chi connectivity index (χ3n) is 2.85. The largest absolute Gasteiger partial charge is 0.573 e. The van der Waals surface area contributed by atoms with Crippen LogP contribution in [0.15, 0.2) is 41.9 Å². The average Bonchev–Trinajstić information content (AvgIpc) is 2.40. The zero-order valence-electron chi connectivity index (χ0n) is 11.8. The van der Waals surface area contributed by atoms with Crippen LogP contribution in [0.25, 0.3) is 0 Å². The molecular formula is C13H12F3N3O4. The van der Waals surface area contributed by atoms with E-state index in [1.165, 1.54) is 25.1 Å². The summed E-state index contributed by atoms with van der Waals surface area (Å²) in [5.41, 5.74) is 5.56. The van der Waals surface area contributed by atoms with Crippen molar-refractivity contribution in [3.63, 3.8) is 0 Å². The van der Waals surface area contributed by atoms with Gasteiger partial charge < -0.3 is 20.5 Å². The van der Waals surface area contributed by atoms with Crippen LogP contribution in [0.3, 0.4) is 0 Å². The Labute approximate surface area is 128 Å². The number of halogens is 3. The molecule has 0 amide bonds. The zero-order chi connectivity index (χ0) is 17.2. The molecule has 1 aromatic rings. The van der Waals surface area contributed by atoms with Crippen LogP contribution in [-0.4, -0.2) is 17.5 Å². The Kier molecular flexibility index (Phi) is 4.45. The Morgan fingerprint density at radius 3 is 2.61 bits per heavy atom.